The lowest BCUT2D eigenvalue weighted by molar-refractivity contribution is -0.146. The van der Waals surface area contributed by atoms with E-state index in [-0.39, 0.29) is 29.1 Å². The Labute approximate surface area is 150 Å². The van der Waals surface area contributed by atoms with Crippen LogP contribution >= 0.6 is 0 Å². The molecule has 0 atom stereocenters. The predicted octanol–water partition coefficient (Wildman–Crippen LogP) is 1.95. The number of rotatable bonds is 2. The SMILES string of the molecule is COC(=O)C1CCN(c2nc3c(nc2C#N)C(=O)c2ccccc2-3)CC1. The molecule has 1 aromatic carbocycles. The van der Waals surface area contributed by atoms with E-state index in [1.807, 2.05) is 17.0 Å². The van der Waals surface area contributed by atoms with E-state index in [1.165, 1.54) is 7.11 Å². The van der Waals surface area contributed by atoms with Crippen LogP contribution in [0.25, 0.3) is 11.3 Å². The summed E-state index contributed by atoms with van der Waals surface area (Å²) in [5.41, 5.74) is 2.20. The molecule has 1 aliphatic heterocycles. The van der Waals surface area contributed by atoms with Crippen molar-refractivity contribution < 1.29 is 14.3 Å². The summed E-state index contributed by atoms with van der Waals surface area (Å²) < 4.78 is 4.81. The highest BCUT2D eigenvalue weighted by Crippen LogP contribution is 2.36. The number of aromatic nitrogens is 2. The number of benzene rings is 1. The average Bonchev–Trinajstić information content (AvgIpc) is 2.98. The average molecular weight is 348 g/mol. The molecule has 0 amide bonds. The van der Waals surface area contributed by atoms with E-state index in [1.54, 1.807) is 12.1 Å². The molecular weight excluding hydrogens is 332 g/mol. The standard InChI is InChI=1S/C19H16N4O3/c1-26-19(25)11-6-8-23(9-7-11)18-14(10-20)21-16-15(22-18)12-4-2-3-5-13(12)17(16)24/h2-5,11H,6-9H2,1H3. The van der Waals surface area contributed by atoms with Crippen LogP contribution in [-0.2, 0) is 9.53 Å². The summed E-state index contributed by atoms with van der Waals surface area (Å²) in [7, 11) is 1.39. The predicted molar refractivity (Wildman–Crippen MR) is 92.6 cm³/mol. The molecule has 0 radical (unpaired) electrons. The van der Waals surface area contributed by atoms with E-state index in [2.05, 4.69) is 16.0 Å². The molecule has 0 N–H and O–H groups in total. The van der Waals surface area contributed by atoms with Crippen LogP contribution in [0.1, 0.15) is 34.6 Å². The fourth-order valence-electron chi connectivity index (χ4n) is 3.58. The Morgan fingerprint density at radius 3 is 2.54 bits per heavy atom. The third kappa shape index (κ3) is 2.42. The molecule has 0 saturated carbocycles. The van der Waals surface area contributed by atoms with Crippen molar-refractivity contribution in [3.63, 3.8) is 0 Å². The summed E-state index contributed by atoms with van der Waals surface area (Å²) in [6, 6.07) is 9.29. The third-order valence-electron chi connectivity index (χ3n) is 4.95. The van der Waals surface area contributed by atoms with E-state index in [4.69, 9.17) is 4.74 Å². The van der Waals surface area contributed by atoms with Crippen LogP contribution in [0.5, 0.6) is 0 Å². The van der Waals surface area contributed by atoms with Crippen molar-refractivity contribution in [1.29, 1.82) is 5.26 Å². The van der Waals surface area contributed by atoms with Gasteiger partial charge < -0.3 is 9.64 Å². The fourth-order valence-corrected chi connectivity index (χ4v) is 3.58. The molecular formula is C19H16N4O3. The van der Waals surface area contributed by atoms with Crippen molar-refractivity contribution in [2.24, 2.45) is 5.92 Å². The number of carbonyl (C=O) groups is 2. The molecule has 2 heterocycles. The quantitative estimate of drug-likeness (QED) is 0.653. The molecule has 1 aromatic heterocycles. The number of esters is 1. The number of ketones is 1. The van der Waals surface area contributed by atoms with Gasteiger partial charge in [-0.1, -0.05) is 24.3 Å². The Kier molecular flexibility index (Phi) is 3.88. The number of methoxy groups -OCH3 is 1. The van der Waals surface area contributed by atoms with Crippen LogP contribution in [0, 0.1) is 17.2 Å². The third-order valence-corrected chi connectivity index (χ3v) is 4.95. The van der Waals surface area contributed by atoms with Gasteiger partial charge in [0, 0.05) is 24.2 Å². The number of ether oxygens (including phenoxy) is 1. The van der Waals surface area contributed by atoms with Crippen molar-refractivity contribution in [3.05, 3.63) is 41.2 Å². The highest BCUT2D eigenvalue weighted by molar-refractivity contribution is 6.19. The van der Waals surface area contributed by atoms with Gasteiger partial charge in [0.15, 0.2) is 11.5 Å². The molecule has 7 nitrogen and oxygen atoms in total. The highest BCUT2D eigenvalue weighted by atomic mass is 16.5. The molecule has 2 aromatic rings. The first kappa shape index (κ1) is 16.2. The number of piperidine rings is 1. The maximum Gasteiger partial charge on any atom is 0.308 e. The first-order valence-electron chi connectivity index (χ1n) is 8.43. The lowest BCUT2D eigenvalue weighted by Crippen LogP contribution is -2.37. The van der Waals surface area contributed by atoms with Gasteiger partial charge in [-0.3, -0.25) is 9.59 Å². The zero-order valence-corrected chi connectivity index (χ0v) is 14.2. The van der Waals surface area contributed by atoms with Crippen LogP contribution in [0.2, 0.25) is 0 Å². The van der Waals surface area contributed by atoms with E-state index in [9.17, 15) is 14.9 Å². The van der Waals surface area contributed by atoms with Crippen LogP contribution in [-0.4, -0.2) is 41.9 Å². The molecule has 0 spiro atoms. The van der Waals surface area contributed by atoms with E-state index in [0.29, 0.717) is 43.0 Å². The van der Waals surface area contributed by atoms with E-state index >= 15 is 0 Å². The number of fused-ring (bicyclic) bond motifs is 3. The number of hydrogen-bond donors (Lipinski definition) is 0. The Morgan fingerprint density at radius 2 is 1.88 bits per heavy atom. The van der Waals surface area contributed by atoms with Gasteiger partial charge >= 0.3 is 5.97 Å². The van der Waals surface area contributed by atoms with Crippen molar-refractivity contribution in [2.45, 2.75) is 12.8 Å². The largest absolute Gasteiger partial charge is 0.469 e. The molecule has 1 fully saturated rings. The smallest absolute Gasteiger partial charge is 0.308 e. The number of nitriles is 1. The Morgan fingerprint density at radius 1 is 1.19 bits per heavy atom. The second-order valence-corrected chi connectivity index (χ2v) is 6.36. The Balaban J connectivity index is 1.70. The van der Waals surface area contributed by atoms with Gasteiger partial charge in [0.05, 0.1) is 13.0 Å². The minimum absolute atomic E-state index is 0.133. The van der Waals surface area contributed by atoms with Crippen molar-refractivity contribution in [1.82, 2.24) is 9.97 Å². The Hall–Kier alpha value is -3.27. The second-order valence-electron chi connectivity index (χ2n) is 6.36. The first-order chi connectivity index (χ1) is 12.6. The van der Waals surface area contributed by atoms with Crippen molar-refractivity contribution in [2.75, 3.05) is 25.1 Å². The molecule has 26 heavy (non-hydrogen) atoms. The van der Waals surface area contributed by atoms with Gasteiger partial charge in [0.25, 0.3) is 0 Å². The number of nitrogens with zero attached hydrogens (tertiary/aromatic N) is 4. The fraction of sp³-hybridized carbons (Fsp3) is 0.316. The van der Waals surface area contributed by atoms with Crippen LogP contribution < -0.4 is 4.90 Å². The maximum atomic E-state index is 12.5. The molecule has 1 aliphatic carbocycles. The number of anilines is 1. The molecule has 4 rings (SSSR count). The van der Waals surface area contributed by atoms with Crippen LogP contribution in [0.4, 0.5) is 5.82 Å². The van der Waals surface area contributed by atoms with Gasteiger partial charge in [-0.15, -0.1) is 0 Å². The van der Waals surface area contributed by atoms with Crippen LogP contribution in [0.3, 0.4) is 0 Å². The van der Waals surface area contributed by atoms with Crippen LogP contribution in [0.15, 0.2) is 24.3 Å². The topological polar surface area (TPSA) is 96.2 Å². The van der Waals surface area contributed by atoms with Gasteiger partial charge in [-0.25, -0.2) is 9.97 Å². The lowest BCUT2D eigenvalue weighted by Gasteiger charge is -2.31. The van der Waals surface area contributed by atoms with E-state index < -0.39 is 0 Å². The maximum absolute atomic E-state index is 12.5. The molecule has 1 saturated heterocycles. The van der Waals surface area contributed by atoms with Gasteiger partial charge in [-0.05, 0) is 12.8 Å². The summed E-state index contributed by atoms with van der Waals surface area (Å²) in [6.45, 7) is 1.16. The summed E-state index contributed by atoms with van der Waals surface area (Å²) in [5.74, 6) is -0.0641. The summed E-state index contributed by atoms with van der Waals surface area (Å²) in [4.78, 5) is 35.1. The number of carbonyl (C=O) groups excluding carboxylic acids is 2. The van der Waals surface area contributed by atoms with Gasteiger partial charge in [0.2, 0.25) is 5.78 Å². The van der Waals surface area contributed by atoms with Gasteiger partial charge in [-0.2, -0.15) is 5.26 Å². The number of hydrogen-bond acceptors (Lipinski definition) is 7. The molecule has 130 valence electrons. The molecule has 2 aliphatic rings. The monoisotopic (exact) mass is 348 g/mol. The summed E-state index contributed by atoms with van der Waals surface area (Å²) in [5, 5.41) is 9.50. The van der Waals surface area contributed by atoms with Crippen molar-refractivity contribution >= 4 is 17.6 Å². The minimum Gasteiger partial charge on any atom is -0.469 e. The highest BCUT2D eigenvalue weighted by Gasteiger charge is 2.33. The van der Waals surface area contributed by atoms with Gasteiger partial charge in [0.1, 0.15) is 17.5 Å². The van der Waals surface area contributed by atoms with E-state index in [0.717, 1.165) is 5.56 Å². The molecule has 7 heteroatoms. The summed E-state index contributed by atoms with van der Waals surface area (Å²) >= 11 is 0. The molecule has 0 unspecified atom stereocenters. The Bertz CT molecular complexity index is 956. The second kappa shape index (κ2) is 6.23. The summed E-state index contributed by atoms with van der Waals surface area (Å²) in [6.07, 6.45) is 1.26. The minimum atomic E-state index is -0.204. The molecule has 0 bridgehead atoms. The normalized spacial score (nSPS) is 16.0. The van der Waals surface area contributed by atoms with Crippen molar-refractivity contribution in [3.8, 4) is 17.3 Å². The zero-order valence-electron chi connectivity index (χ0n) is 14.2. The lowest BCUT2D eigenvalue weighted by atomic mass is 9.97. The first-order valence-corrected chi connectivity index (χ1v) is 8.43. The zero-order chi connectivity index (χ0) is 18.3.